The number of morpholine rings is 1. The maximum Gasteiger partial charge on any atom is 0.274 e. The second-order valence-corrected chi connectivity index (χ2v) is 8.55. The van der Waals surface area contributed by atoms with Crippen molar-refractivity contribution in [3.63, 3.8) is 0 Å². The van der Waals surface area contributed by atoms with Gasteiger partial charge in [-0.05, 0) is 50.5 Å². The van der Waals surface area contributed by atoms with Crippen LogP contribution in [0.3, 0.4) is 0 Å². The third-order valence-corrected chi connectivity index (χ3v) is 5.78. The maximum atomic E-state index is 13.1. The van der Waals surface area contributed by atoms with E-state index >= 15 is 0 Å². The topological polar surface area (TPSA) is 59.4 Å². The number of nitrogens with zero attached hydrogens (tertiary/aromatic N) is 3. The highest BCUT2D eigenvalue weighted by Crippen LogP contribution is 2.30. The number of hydrogen-bond donors (Lipinski definition) is 1. The Balaban J connectivity index is 1.55. The lowest BCUT2D eigenvalue weighted by Gasteiger charge is -2.28. The zero-order valence-electron chi connectivity index (χ0n) is 16.2. The monoisotopic (exact) mass is 360 g/mol. The predicted octanol–water partition coefficient (Wildman–Crippen LogP) is 1.87. The van der Waals surface area contributed by atoms with E-state index in [4.69, 9.17) is 9.84 Å². The smallest absolute Gasteiger partial charge is 0.274 e. The molecular formula is C20H32N4O2. The van der Waals surface area contributed by atoms with E-state index in [9.17, 15) is 4.79 Å². The van der Waals surface area contributed by atoms with Crippen LogP contribution in [0.25, 0.3) is 0 Å². The van der Waals surface area contributed by atoms with Gasteiger partial charge in [0.2, 0.25) is 0 Å². The zero-order valence-corrected chi connectivity index (χ0v) is 16.2. The highest BCUT2D eigenvalue weighted by atomic mass is 16.5. The van der Waals surface area contributed by atoms with E-state index in [-0.39, 0.29) is 5.91 Å². The molecule has 1 aromatic rings. The molecule has 1 atom stereocenters. The van der Waals surface area contributed by atoms with Crippen molar-refractivity contribution in [2.75, 3.05) is 32.8 Å². The number of carbonyl (C=O) groups is 1. The summed E-state index contributed by atoms with van der Waals surface area (Å²) in [6, 6.07) is 0.482. The summed E-state index contributed by atoms with van der Waals surface area (Å²) in [6.45, 7) is 9.05. The molecule has 1 aliphatic heterocycles. The van der Waals surface area contributed by atoms with Gasteiger partial charge in [0.05, 0.1) is 13.2 Å². The van der Waals surface area contributed by atoms with E-state index in [1.807, 2.05) is 4.90 Å². The number of amides is 1. The Hall–Kier alpha value is -1.40. The predicted molar refractivity (Wildman–Crippen MR) is 100 cm³/mol. The standard InChI is InChI=1S/C20H32N4O2/c1-14(2)13-24-18-6-5-16(21-12-15-3-4-15)11-17(18)19(22-24)20(25)23-7-9-26-10-8-23/h14-16,21H,3-13H2,1-2H3. The summed E-state index contributed by atoms with van der Waals surface area (Å²) < 4.78 is 7.52. The molecule has 1 aromatic heterocycles. The summed E-state index contributed by atoms with van der Waals surface area (Å²) in [6.07, 6.45) is 5.85. The Morgan fingerprint density at radius 1 is 1.27 bits per heavy atom. The van der Waals surface area contributed by atoms with Gasteiger partial charge in [-0.2, -0.15) is 5.10 Å². The number of fused-ring (bicyclic) bond motifs is 1. The van der Waals surface area contributed by atoms with Crippen molar-refractivity contribution in [1.82, 2.24) is 20.0 Å². The Bertz CT molecular complexity index is 644. The van der Waals surface area contributed by atoms with Gasteiger partial charge in [-0.25, -0.2) is 0 Å². The van der Waals surface area contributed by atoms with Crippen LogP contribution in [-0.4, -0.2) is 59.5 Å². The number of carbonyl (C=O) groups excluding carboxylic acids is 1. The molecule has 1 unspecified atom stereocenters. The van der Waals surface area contributed by atoms with Crippen LogP contribution in [-0.2, 0) is 24.1 Å². The third kappa shape index (κ3) is 3.96. The zero-order chi connectivity index (χ0) is 18.1. The Kier molecular flexibility index (Phi) is 5.32. The molecule has 26 heavy (non-hydrogen) atoms. The average molecular weight is 361 g/mol. The van der Waals surface area contributed by atoms with Crippen LogP contribution < -0.4 is 5.32 Å². The average Bonchev–Trinajstić information content (AvgIpc) is 3.42. The highest BCUT2D eigenvalue weighted by molar-refractivity contribution is 5.94. The molecule has 4 rings (SSSR count). The van der Waals surface area contributed by atoms with Crippen LogP contribution in [0.1, 0.15) is 54.9 Å². The molecule has 1 saturated carbocycles. The third-order valence-electron chi connectivity index (χ3n) is 5.78. The fraction of sp³-hybridized carbons (Fsp3) is 0.800. The lowest BCUT2D eigenvalue weighted by atomic mass is 9.90. The fourth-order valence-corrected chi connectivity index (χ4v) is 4.10. The number of rotatable bonds is 6. The number of ether oxygens (including phenoxy) is 1. The van der Waals surface area contributed by atoms with Gasteiger partial charge in [0.25, 0.3) is 5.91 Å². The minimum absolute atomic E-state index is 0.0925. The molecule has 6 nitrogen and oxygen atoms in total. The van der Waals surface area contributed by atoms with Crippen molar-refractivity contribution >= 4 is 5.91 Å². The molecule has 144 valence electrons. The molecule has 6 heteroatoms. The van der Waals surface area contributed by atoms with Crippen molar-refractivity contribution in [1.29, 1.82) is 0 Å². The van der Waals surface area contributed by atoms with Gasteiger partial charge < -0.3 is 15.0 Å². The van der Waals surface area contributed by atoms with Gasteiger partial charge >= 0.3 is 0 Å². The Morgan fingerprint density at radius 3 is 2.73 bits per heavy atom. The van der Waals surface area contributed by atoms with Gasteiger partial charge in [0, 0.05) is 36.9 Å². The number of nitrogens with one attached hydrogen (secondary N) is 1. The number of hydrogen-bond acceptors (Lipinski definition) is 4. The van der Waals surface area contributed by atoms with Crippen LogP contribution in [0.5, 0.6) is 0 Å². The van der Waals surface area contributed by atoms with E-state index < -0.39 is 0 Å². The van der Waals surface area contributed by atoms with Crippen molar-refractivity contribution in [3.05, 3.63) is 17.0 Å². The lowest BCUT2D eigenvalue weighted by molar-refractivity contribution is 0.0297. The van der Waals surface area contributed by atoms with E-state index in [0.717, 1.165) is 38.3 Å². The van der Waals surface area contributed by atoms with Gasteiger partial charge in [0.15, 0.2) is 5.69 Å². The van der Waals surface area contributed by atoms with Crippen LogP contribution in [0.15, 0.2) is 0 Å². The van der Waals surface area contributed by atoms with Crippen LogP contribution >= 0.6 is 0 Å². The molecule has 3 aliphatic rings. The van der Waals surface area contributed by atoms with Crippen molar-refractivity contribution in [3.8, 4) is 0 Å². The summed E-state index contributed by atoms with van der Waals surface area (Å²) in [4.78, 5) is 15.0. The van der Waals surface area contributed by atoms with Crippen molar-refractivity contribution in [2.45, 2.75) is 58.5 Å². The summed E-state index contributed by atoms with van der Waals surface area (Å²) >= 11 is 0. The largest absolute Gasteiger partial charge is 0.378 e. The molecule has 0 bridgehead atoms. The second kappa shape index (κ2) is 7.69. The molecule has 1 amide bonds. The quantitative estimate of drug-likeness (QED) is 0.841. The molecule has 1 N–H and O–H groups in total. The van der Waals surface area contributed by atoms with E-state index in [2.05, 4.69) is 23.8 Å². The summed E-state index contributed by atoms with van der Waals surface area (Å²) in [5, 5.41) is 8.54. The first-order valence-electron chi connectivity index (χ1n) is 10.3. The van der Waals surface area contributed by atoms with E-state index in [1.165, 1.54) is 24.1 Å². The maximum absolute atomic E-state index is 13.1. The molecular weight excluding hydrogens is 328 g/mol. The van der Waals surface area contributed by atoms with E-state index in [1.54, 1.807) is 0 Å². The Morgan fingerprint density at radius 2 is 2.04 bits per heavy atom. The van der Waals surface area contributed by atoms with Gasteiger partial charge in [-0.15, -0.1) is 0 Å². The summed E-state index contributed by atoms with van der Waals surface area (Å²) in [5.41, 5.74) is 3.18. The normalized spacial score (nSPS) is 23.3. The minimum Gasteiger partial charge on any atom is -0.378 e. The Labute approximate surface area is 156 Å². The first kappa shape index (κ1) is 18.0. The van der Waals surface area contributed by atoms with Crippen LogP contribution in [0, 0.1) is 11.8 Å². The fourth-order valence-electron chi connectivity index (χ4n) is 4.10. The molecule has 2 fully saturated rings. The molecule has 1 saturated heterocycles. The summed E-state index contributed by atoms with van der Waals surface area (Å²) in [5.74, 6) is 1.50. The first-order valence-corrected chi connectivity index (χ1v) is 10.3. The van der Waals surface area contributed by atoms with Crippen LogP contribution in [0.4, 0.5) is 0 Å². The molecule has 0 aromatic carbocycles. The van der Waals surface area contributed by atoms with Gasteiger partial charge in [-0.1, -0.05) is 13.8 Å². The van der Waals surface area contributed by atoms with Gasteiger partial charge in [-0.3, -0.25) is 9.48 Å². The second-order valence-electron chi connectivity index (χ2n) is 8.55. The minimum atomic E-state index is 0.0925. The van der Waals surface area contributed by atoms with Crippen LogP contribution in [0.2, 0.25) is 0 Å². The molecule has 0 spiro atoms. The molecule has 0 radical (unpaired) electrons. The highest BCUT2D eigenvalue weighted by Gasteiger charge is 2.32. The number of aromatic nitrogens is 2. The molecule has 2 aliphatic carbocycles. The van der Waals surface area contributed by atoms with Gasteiger partial charge in [0.1, 0.15) is 0 Å². The lowest BCUT2D eigenvalue weighted by Crippen LogP contribution is -2.42. The SMILES string of the molecule is CC(C)Cn1nc(C(=O)N2CCOCC2)c2c1CCC(NCC1CC1)C2. The summed E-state index contributed by atoms with van der Waals surface area (Å²) in [7, 11) is 0. The van der Waals surface area contributed by atoms with Crippen molar-refractivity contribution in [2.24, 2.45) is 11.8 Å². The van der Waals surface area contributed by atoms with Crippen molar-refractivity contribution < 1.29 is 9.53 Å². The first-order chi connectivity index (χ1) is 12.6. The van der Waals surface area contributed by atoms with E-state index in [0.29, 0.717) is 44.0 Å². The molecule has 2 heterocycles.